The van der Waals surface area contributed by atoms with Crippen LogP contribution in [0.15, 0.2) is 30.3 Å². The van der Waals surface area contributed by atoms with E-state index >= 15 is 0 Å². The SMILES string of the molecule is CCOc1cc(C(=O)N2CCC3(O)CCCCC3C2c2ccc(O)c(OC)c2)cc(OCC)c1OCC. The number of hydrogen-bond acceptors (Lipinski definition) is 7. The average Bonchev–Trinajstić information content (AvgIpc) is 2.89. The first kappa shape index (κ1) is 26.9. The maximum Gasteiger partial charge on any atom is 0.254 e. The lowest BCUT2D eigenvalue weighted by atomic mass is 9.66. The van der Waals surface area contributed by atoms with Gasteiger partial charge in [0.15, 0.2) is 23.0 Å². The van der Waals surface area contributed by atoms with Crippen LogP contribution in [0.3, 0.4) is 0 Å². The molecule has 1 aliphatic heterocycles. The molecule has 8 heteroatoms. The Bertz CT molecular complexity index is 1080. The van der Waals surface area contributed by atoms with Crippen molar-refractivity contribution in [2.24, 2.45) is 5.92 Å². The molecule has 1 amide bonds. The Labute approximate surface area is 219 Å². The van der Waals surface area contributed by atoms with Crippen molar-refractivity contribution in [3.63, 3.8) is 0 Å². The van der Waals surface area contributed by atoms with Crippen molar-refractivity contribution in [3.8, 4) is 28.7 Å². The van der Waals surface area contributed by atoms with E-state index in [0.717, 1.165) is 31.2 Å². The average molecular weight is 514 g/mol. The van der Waals surface area contributed by atoms with E-state index in [9.17, 15) is 15.0 Å². The number of carbonyl (C=O) groups excluding carboxylic acids is 1. The van der Waals surface area contributed by atoms with E-state index < -0.39 is 5.60 Å². The number of ether oxygens (including phenoxy) is 4. The largest absolute Gasteiger partial charge is 0.504 e. The Morgan fingerprint density at radius 3 is 2.27 bits per heavy atom. The molecule has 3 unspecified atom stereocenters. The molecule has 0 spiro atoms. The molecule has 0 aromatic heterocycles. The number of carbonyl (C=O) groups is 1. The zero-order valence-electron chi connectivity index (χ0n) is 22.3. The predicted molar refractivity (Wildman–Crippen MR) is 140 cm³/mol. The highest BCUT2D eigenvalue weighted by Gasteiger charge is 2.50. The number of phenols is 1. The maximum atomic E-state index is 14.2. The van der Waals surface area contributed by atoms with Crippen LogP contribution in [0, 0.1) is 5.92 Å². The molecule has 1 heterocycles. The van der Waals surface area contributed by atoms with Crippen molar-refractivity contribution in [3.05, 3.63) is 41.5 Å². The van der Waals surface area contributed by atoms with Gasteiger partial charge in [0.25, 0.3) is 5.91 Å². The fourth-order valence-corrected chi connectivity index (χ4v) is 5.88. The van der Waals surface area contributed by atoms with Crippen molar-refractivity contribution in [1.82, 2.24) is 4.90 Å². The van der Waals surface area contributed by atoms with Crippen molar-refractivity contribution in [2.75, 3.05) is 33.5 Å². The fourth-order valence-electron chi connectivity index (χ4n) is 5.88. The quantitative estimate of drug-likeness (QED) is 0.481. The highest BCUT2D eigenvalue weighted by molar-refractivity contribution is 5.96. The van der Waals surface area contributed by atoms with Crippen LogP contribution in [0.5, 0.6) is 28.7 Å². The number of aromatic hydroxyl groups is 1. The second-order valence-electron chi connectivity index (χ2n) is 9.68. The fraction of sp³-hybridized carbons (Fsp3) is 0.552. The summed E-state index contributed by atoms with van der Waals surface area (Å²) in [5, 5.41) is 21.8. The van der Waals surface area contributed by atoms with Crippen molar-refractivity contribution >= 4 is 5.91 Å². The Morgan fingerprint density at radius 1 is 0.973 bits per heavy atom. The smallest absolute Gasteiger partial charge is 0.254 e. The number of fused-ring (bicyclic) bond motifs is 1. The van der Waals surface area contributed by atoms with Gasteiger partial charge in [-0.05, 0) is 69.9 Å². The lowest BCUT2D eigenvalue weighted by Crippen LogP contribution is -2.56. The molecule has 2 fully saturated rings. The van der Waals surface area contributed by atoms with E-state index in [4.69, 9.17) is 18.9 Å². The highest BCUT2D eigenvalue weighted by atomic mass is 16.5. The van der Waals surface area contributed by atoms with E-state index in [2.05, 4.69) is 0 Å². The van der Waals surface area contributed by atoms with Crippen molar-refractivity contribution in [2.45, 2.75) is 64.5 Å². The van der Waals surface area contributed by atoms with Gasteiger partial charge in [0, 0.05) is 18.0 Å². The second kappa shape index (κ2) is 11.5. The molecular formula is C29H39NO7. The molecule has 202 valence electrons. The van der Waals surface area contributed by atoms with Gasteiger partial charge < -0.3 is 34.1 Å². The van der Waals surface area contributed by atoms with Crippen LogP contribution in [0.25, 0.3) is 0 Å². The van der Waals surface area contributed by atoms with Gasteiger partial charge in [-0.3, -0.25) is 4.79 Å². The van der Waals surface area contributed by atoms with Crippen LogP contribution >= 0.6 is 0 Å². The van der Waals surface area contributed by atoms with E-state index in [1.54, 1.807) is 24.3 Å². The summed E-state index contributed by atoms with van der Waals surface area (Å²) < 4.78 is 22.9. The van der Waals surface area contributed by atoms with Crippen LogP contribution < -0.4 is 18.9 Å². The Balaban J connectivity index is 1.80. The summed E-state index contributed by atoms with van der Waals surface area (Å²) in [7, 11) is 1.50. The number of likely N-dealkylation sites (tertiary alicyclic amines) is 1. The molecule has 1 saturated carbocycles. The second-order valence-corrected chi connectivity index (χ2v) is 9.68. The predicted octanol–water partition coefficient (Wildman–Crippen LogP) is 5.11. The molecule has 1 saturated heterocycles. The van der Waals surface area contributed by atoms with Gasteiger partial charge in [-0.1, -0.05) is 18.9 Å². The summed E-state index contributed by atoms with van der Waals surface area (Å²) in [4.78, 5) is 16.0. The minimum Gasteiger partial charge on any atom is -0.504 e. The third kappa shape index (κ3) is 5.30. The summed E-state index contributed by atoms with van der Waals surface area (Å²) in [6.07, 6.45) is 4.01. The molecule has 2 N–H and O–H groups in total. The number of piperidine rings is 1. The normalized spacial score (nSPS) is 23.2. The van der Waals surface area contributed by atoms with E-state index in [0.29, 0.717) is 61.3 Å². The first-order valence-corrected chi connectivity index (χ1v) is 13.3. The Morgan fingerprint density at radius 2 is 1.65 bits per heavy atom. The summed E-state index contributed by atoms with van der Waals surface area (Å²) in [5.74, 6) is 1.49. The van der Waals surface area contributed by atoms with Gasteiger partial charge in [-0.2, -0.15) is 0 Å². The van der Waals surface area contributed by atoms with Gasteiger partial charge in [0.1, 0.15) is 0 Å². The summed E-state index contributed by atoms with van der Waals surface area (Å²) in [6.45, 7) is 7.32. The molecule has 37 heavy (non-hydrogen) atoms. The van der Waals surface area contributed by atoms with E-state index in [-0.39, 0.29) is 23.6 Å². The van der Waals surface area contributed by atoms with Crippen LogP contribution in [-0.4, -0.2) is 60.1 Å². The van der Waals surface area contributed by atoms with Crippen LogP contribution in [-0.2, 0) is 0 Å². The number of methoxy groups -OCH3 is 1. The number of amides is 1. The molecule has 1 aliphatic carbocycles. The first-order valence-electron chi connectivity index (χ1n) is 13.3. The number of rotatable bonds is 9. The summed E-state index contributed by atoms with van der Waals surface area (Å²) >= 11 is 0. The standard InChI is InChI=1S/C29H39NO7/c1-5-35-24-17-20(18-25(36-6-2)27(24)37-7-3)28(32)30-15-14-29(33)13-9-8-10-21(29)26(30)19-11-12-22(31)23(16-19)34-4/h11-12,16-18,21,26,31,33H,5-10,13-15H2,1-4H3. The minimum atomic E-state index is -0.837. The number of aliphatic hydroxyl groups is 1. The minimum absolute atomic E-state index is 0.0352. The molecule has 0 bridgehead atoms. The van der Waals surface area contributed by atoms with Gasteiger partial charge in [0.05, 0.1) is 38.6 Å². The zero-order chi connectivity index (χ0) is 26.6. The number of hydrogen-bond donors (Lipinski definition) is 2. The highest BCUT2D eigenvalue weighted by Crippen LogP contribution is 2.51. The summed E-state index contributed by atoms with van der Waals surface area (Å²) in [5.41, 5.74) is 0.428. The van der Waals surface area contributed by atoms with E-state index in [1.165, 1.54) is 7.11 Å². The number of benzene rings is 2. The van der Waals surface area contributed by atoms with Crippen LogP contribution in [0.2, 0.25) is 0 Å². The molecule has 0 radical (unpaired) electrons. The maximum absolute atomic E-state index is 14.2. The van der Waals surface area contributed by atoms with Crippen LogP contribution in [0.4, 0.5) is 0 Å². The van der Waals surface area contributed by atoms with Gasteiger partial charge in [-0.15, -0.1) is 0 Å². The molecule has 3 atom stereocenters. The molecule has 8 nitrogen and oxygen atoms in total. The first-order chi connectivity index (χ1) is 17.9. The Hall–Kier alpha value is -3.13. The lowest BCUT2D eigenvalue weighted by molar-refractivity contribution is -0.115. The van der Waals surface area contributed by atoms with E-state index in [1.807, 2.05) is 31.7 Å². The number of phenolic OH excluding ortho intramolecular Hbond substituents is 1. The van der Waals surface area contributed by atoms with Crippen LogP contribution in [0.1, 0.15) is 74.8 Å². The molecule has 2 aliphatic rings. The van der Waals surface area contributed by atoms with Gasteiger partial charge >= 0.3 is 0 Å². The molecule has 4 rings (SSSR count). The Kier molecular flexibility index (Phi) is 8.37. The topological polar surface area (TPSA) is 97.7 Å². The summed E-state index contributed by atoms with van der Waals surface area (Å²) in [6, 6.07) is 8.24. The molecule has 2 aromatic rings. The molecular weight excluding hydrogens is 474 g/mol. The van der Waals surface area contributed by atoms with Gasteiger partial charge in [0.2, 0.25) is 5.75 Å². The zero-order valence-corrected chi connectivity index (χ0v) is 22.3. The molecule has 2 aromatic carbocycles. The van der Waals surface area contributed by atoms with Gasteiger partial charge in [-0.25, -0.2) is 0 Å². The third-order valence-electron chi connectivity index (χ3n) is 7.53. The monoisotopic (exact) mass is 513 g/mol. The van der Waals surface area contributed by atoms with Crippen molar-refractivity contribution in [1.29, 1.82) is 0 Å². The third-order valence-corrected chi connectivity index (χ3v) is 7.53. The lowest BCUT2D eigenvalue weighted by Gasteiger charge is -2.52. The number of nitrogens with zero attached hydrogens (tertiary/aromatic N) is 1. The van der Waals surface area contributed by atoms with Crippen molar-refractivity contribution < 1.29 is 34.0 Å².